The third-order valence-electron chi connectivity index (χ3n) is 5.66. The first-order valence-corrected chi connectivity index (χ1v) is 11.1. The number of aryl methyl sites for hydroxylation is 1. The van der Waals surface area contributed by atoms with Crippen molar-refractivity contribution in [1.82, 2.24) is 4.90 Å². The summed E-state index contributed by atoms with van der Waals surface area (Å²) in [6, 6.07) is 10.3. The quantitative estimate of drug-likeness (QED) is 0.493. The minimum Gasteiger partial charge on any atom is -0.482 e. The van der Waals surface area contributed by atoms with Crippen LogP contribution in [0.4, 0.5) is 18.0 Å². The molecule has 1 heterocycles. The predicted octanol–water partition coefficient (Wildman–Crippen LogP) is 5.47. The van der Waals surface area contributed by atoms with E-state index in [0.29, 0.717) is 24.4 Å². The summed E-state index contributed by atoms with van der Waals surface area (Å²) >= 11 is 0. The van der Waals surface area contributed by atoms with Crippen molar-refractivity contribution in [1.29, 1.82) is 0 Å². The number of nitrogens with zero attached hydrogens (tertiary/aromatic N) is 1. The molecule has 0 bridgehead atoms. The summed E-state index contributed by atoms with van der Waals surface area (Å²) in [5, 5.41) is 0. The Morgan fingerprint density at radius 3 is 2.50 bits per heavy atom. The number of esters is 1. The van der Waals surface area contributed by atoms with Gasteiger partial charge < -0.3 is 19.1 Å². The van der Waals surface area contributed by atoms with E-state index in [1.165, 1.54) is 12.1 Å². The van der Waals surface area contributed by atoms with Gasteiger partial charge in [0.05, 0.1) is 12.2 Å². The second-order valence-electron chi connectivity index (χ2n) is 8.15. The van der Waals surface area contributed by atoms with Gasteiger partial charge in [-0.05, 0) is 61.6 Å². The molecule has 1 saturated heterocycles. The molecule has 1 aliphatic heterocycles. The number of rotatable bonds is 7. The Kier molecular flexibility index (Phi) is 8.41. The number of likely N-dealkylation sites (tertiary alicyclic amines) is 1. The van der Waals surface area contributed by atoms with Crippen LogP contribution < -0.4 is 4.74 Å². The highest BCUT2D eigenvalue weighted by atomic mass is 19.4. The molecule has 2 aromatic carbocycles. The molecule has 1 atom stereocenters. The summed E-state index contributed by atoms with van der Waals surface area (Å²) in [6.45, 7) is 4.61. The number of ether oxygens (including phenoxy) is 3. The first-order valence-electron chi connectivity index (χ1n) is 11.1. The van der Waals surface area contributed by atoms with Crippen LogP contribution >= 0.6 is 0 Å². The molecule has 1 fully saturated rings. The summed E-state index contributed by atoms with van der Waals surface area (Å²) in [4.78, 5) is 25.8. The normalized spacial score (nSPS) is 16.1. The number of carbonyl (C=O) groups excluding carboxylic acids is 2. The Labute approximate surface area is 196 Å². The van der Waals surface area contributed by atoms with Crippen molar-refractivity contribution in [3.8, 4) is 5.75 Å². The molecule has 1 amide bonds. The van der Waals surface area contributed by atoms with Gasteiger partial charge in [-0.15, -0.1) is 0 Å². The zero-order chi connectivity index (χ0) is 24.7. The van der Waals surface area contributed by atoms with Crippen LogP contribution in [-0.4, -0.2) is 43.3 Å². The van der Waals surface area contributed by atoms with Gasteiger partial charge in [-0.25, -0.2) is 9.59 Å². The van der Waals surface area contributed by atoms with Crippen LogP contribution in [0.2, 0.25) is 0 Å². The van der Waals surface area contributed by atoms with Gasteiger partial charge in [0, 0.05) is 19.0 Å². The van der Waals surface area contributed by atoms with Gasteiger partial charge in [0.2, 0.25) is 0 Å². The Morgan fingerprint density at radius 2 is 1.82 bits per heavy atom. The number of alkyl halides is 3. The maximum atomic E-state index is 12.7. The van der Waals surface area contributed by atoms with Gasteiger partial charge in [-0.1, -0.05) is 24.3 Å². The first kappa shape index (κ1) is 25.4. The second kappa shape index (κ2) is 11.3. The van der Waals surface area contributed by atoms with Crippen molar-refractivity contribution in [2.24, 2.45) is 0 Å². The van der Waals surface area contributed by atoms with E-state index < -0.39 is 23.8 Å². The predicted molar refractivity (Wildman–Crippen MR) is 118 cm³/mol. The second-order valence-corrected chi connectivity index (χ2v) is 8.15. The number of piperidine rings is 1. The van der Waals surface area contributed by atoms with Crippen molar-refractivity contribution in [3.63, 3.8) is 0 Å². The first-order chi connectivity index (χ1) is 16.2. The molecule has 6 nitrogen and oxygen atoms in total. The summed E-state index contributed by atoms with van der Waals surface area (Å²) < 4.78 is 53.9. The number of hydrogen-bond donors (Lipinski definition) is 0. The molecule has 1 unspecified atom stereocenters. The average molecular weight is 479 g/mol. The molecule has 0 radical (unpaired) electrons. The lowest BCUT2D eigenvalue weighted by Crippen LogP contribution is -2.39. The lowest BCUT2D eigenvalue weighted by Gasteiger charge is -2.32. The molecular formula is C25H28F3NO5. The molecular weight excluding hydrogens is 451 g/mol. The lowest BCUT2D eigenvalue weighted by molar-refractivity contribution is -0.145. The zero-order valence-corrected chi connectivity index (χ0v) is 19.2. The van der Waals surface area contributed by atoms with Crippen LogP contribution in [-0.2, 0) is 27.1 Å². The Balaban J connectivity index is 1.57. The molecule has 34 heavy (non-hydrogen) atoms. The highest BCUT2D eigenvalue weighted by Crippen LogP contribution is 2.32. The van der Waals surface area contributed by atoms with Crippen LogP contribution in [0, 0.1) is 6.92 Å². The van der Waals surface area contributed by atoms with Crippen LogP contribution in [0.5, 0.6) is 5.75 Å². The fourth-order valence-electron chi connectivity index (χ4n) is 3.81. The van der Waals surface area contributed by atoms with E-state index in [1.807, 2.05) is 25.1 Å². The molecule has 2 aromatic rings. The Hall–Kier alpha value is -3.23. The van der Waals surface area contributed by atoms with Crippen molar-refractivity contribution in [3.05, 3.63) is 64.7 Å². The van der Waals surface area contributed by atoms with E-state index in [2.05, 4.69) is 0 Å². The highest BCUT2D eigenvalue weighted by molar-refractivity contribution is 5.71. The van der Waals surface area contributed by atoms with Gasteiger partial charge in [0.25, 0.3) is 0 Å². The summed E-state index contributed by atoms with van der Waals surface area (Å²) in [5.74, 6) is 0.220. The van der Waals surface area contributed by atoms with Gasteiger partial charge in [0.15, 0.2) is 6.61 Å². The number of carbonyl (C=O) groups is 2. The van der Waals surface area contributed by atoms with Crippen molar-refractivity contribution < 1.29 is 37.0 Å². The topological polar surface area (TPSA) is 65.1 Å². The minimum absolute atomic E-state index is 0.0675. The molecule has 0 aromatic heterocycles. The molecule has 3 rings (SSSR count). The number of hydrogen-bond acceptors (Lipinski definition) is 5. The van der Waals surface area contributed by atoms with Gasteiger partial charge in [0.1, 0.15) is 12.4 Å². The van der Waals surface area contributed by atoms with E-state index in [1.54, 1.807) is 11.8 Å². The maximum absolute atomic E-state index is 12.7. The van der Waals surface area contributed by atoms with Crippen LogP contribution in [0.1, 0.15) is 47.9 Å². The number of halogens is 3. The molecule has 9 heteroatoms. The third-order valence-corrected chi connectivity index (χ3v) is 5.66. The fourth-order valence-corrected chi connectivity index (χ4v) is 3.81. The van der Waals surface area contributed by atoms with E-state index >= 15 is 0 Å². The van der Waals surface area contributed by atoms with Crippen molar-refractivity contribution in [2.45, 2.75) is 45.4 Å². The molecule has 0 saturated carbocycles. The summed E-state index contributed by atoms with van der Waals surface area (Å²) in [5.41, 5.74) is 1.61. The standard InChI is InChI=1S/C25H28F3NO5/c1-3-32-23(30)16-33-22-13-19(9-6-17(22)2)20-5-4-12-29(14-20)24(31)34-15-18-7-10-21(11-8-18)25(26,27)28/h6-11,13,20H,3-5,12,14-16H2,1-2H3. The van der Waals surface area contributed by atoms with E-state index in [4.69, 9.17) is 14.2 Å². The maximum Gasteiger partial charge on any atom is 0.416 e. The smallest absolute Gasteiger partial charge is 0.416 e. The SMILES string of the molecule is CCOC(=O)COc1cc(C2CCCN(C(=O)OCc3ccc(C(F)(F)F)cc3)C2)ccc1C. The average Bonchev–Trinajstić information content (AvgIpc) is 2.82. The highest BCUT2D eigenvalue weighted by Gasteiger charge is 2.30. The molecule has 184 valence electrons. The van der Waals surface area contributed by atoms with Crippen LogP contribution in [0.3, 0.4) is 0 Å². The molecule has 1 aliphatic rings. The molecule has 0 aliphatic carbocycles. The van der Waals surface area contributed by atoms with Crippen LogP contribution in [0.25, 0.3) is 0 Å². The summed E-state index contributed by atoms with van der Waals surface area (Å²) in [7, 11) is 0. The van der Waals surface area contributed by atoms with E-state index in [9.17, 15) is 22.8 Å². The zero-order valence-electron chi connectivity index (χ0n) is 19.2. The molecule has 0 N–H and O–H groups in total. The van der Waals surface area contributed by atoms with Gasteiger partial charge in [-0.3, -0.25) is 0 Å². The van der Waals surface area contributed by atoms with Crippen LogP contribution in [0.15, 0.2) is 42.5 Å². The van der Waals surface area contributed by atoms with E-state index in [0.717, 1.165) is 36.1 Å². The van der Waals surface area contributed by atoms with E-state index in [-0.39, 0.29) is 25.7 Å². The van der Waals surface area contributed by atoms with Crippen molar-refractivity contribution >= 4 is 12.1 Å². The van der Waals surface area contributed by atoms with Crippen molar-refractivity contribution in [2.75, 3.05) is 26.3 Å². The number of benzene rings is 2. The Bertz CT molecular complexity index is 991. The lowest BCUT2D eigenvalue weighted by atomic mass is 9.90. The third kappa shape index (κ3) is 6.88. The fraction of sp³-hybridized carbons (Fsp3) is 0.440. The minimum atomic E-state index is -4.41. The van der Waals surface area contributed by atoms with Gasteiger partial charge in [-0.2, -0.15) is 13.2 Å². The Morgan fingerprint density at radius 1 is 1.09 bits per heavy atom. The largest absolute Gasteiger partial charge is 0.482 e. The van der Waals surface area contributed by atoms with Gasteiger partial charge >= 0.3 is 18.2 Å². The monoisotopic (exact) mass is 479 g/mol. The summed E-state index contributed by atoms with van der Waals surface area (Å²) in [6.07, 6.45) is -3.25. The number of amides is 1. The molecule has 0 spiro atoms.